The molecule has 0 aliphatic heterocycles. The summed E-state index contributed by atoms with van der Waals surface area (Å²) in [5, 5.41) is 1.63. The van der Waals surface area contributed by atoms with Crippen LogP contribution in [0.15, 0.2) is 45.8 Å². The van der Waals surface area contributed by atoms with Gasteiger partial charge in [-0.1, -0.05) is 54.0 Å². The fourth-order valence-electron chi connectivity index (χ4n) is 1.82. The molecule has 0 heterocycles. The molecule has 0 amide bonds. The third kappa shape index (κ3) is 3.16. The van der Waals surface area contributed by atoms with Crippen molar-refractivity contribution in [2.45, 2.75) is 18.7 Å². The molecule has 3 nitrogen and oxygen atoms in total. The van der Waals surface area contributed by atoms with E-state index in [0.717, 1.165) is 15.2 Å². The highest BCUT2D eigenvalue weighted by Crippen LogP contribution is 2.29. The molecule has 19 heavy (non-hydrogen) atoms. The van der Waals surface area contributed by atoms with E-state index in [0.29, 0.717) is 11.4 Å². The van der Waals surface area contributed by atoms with Crippen molar-refractivity contribution < 1.29 is 8.42 Å². The van der Waals surface area contributed by atoms with Gasteiger partial charge in [-0.3, -0.25) is 0 Å². The summed E-state index contributed by atoms with van der Waals surface area (Å²) < 4.78 is 28.2. The minimum atomic E-state index is -3.47. The number of benzene rings is 2. The van der Waals surface area contributed by atoms with E-state index >= 15 is 0 Å². The smallest absolute Gasteiger partial charge is 0.211 e. The average Bonchev–Trinajstić information content (AvgIpc) is 2.37. The maximum atomic E-state index is 12.3. The number of fused-ring (bicyclic) bond motifs is 1. The molecular weight excluding hydrogens is 326 g/mol. The highest BCUT2D eigenvalue weighted by molar-refractivity contribution is 9.10. The van der Waals surface area contributed by atoms with Crippen LogP contribution >= 0.6 is 15.9 Å². The largest absolute Gasteiger partial charge is 0.241 e. The molecule has 0 bridgehead atoms. The van der Waals surface area contributed by atoms with Crippen molar-refractivity contribution in [2.24, 2.45) is 5.92 Å². The Morgan fingerprint density at radius 3 is 2.37 bits per heavy atom. The number of halogens is 1. The Morgan fingerprint density at radius 1 is 1.11 bits per heavy atom. The average molecular weight is 342 g/mol. The Kier molecular flexibility index (Phi) is 4.28. The second kappa shape index (κ2) is 5.61. The summed E-state index contributed by atoms with van der Waals surface area (Å²) in [6, 6.07) is 10.9. The molecule has 0 aromatic heterocycles. The van der Waals surface area contributed by atoms with Crippen molar-refractivity contribution in [1.29, 1.82) is 0 Å². The predicted octanol–water partition coefficient (Wildman–Crippen LogP) is 3.54. The minimum absolute atomic E-state index is 0.275. The van der Waals surface area contributed by atoms with Crippen LogP contribution in [0.2, 0.25) is 0 Å². The van der Waals surface area contributed by atoms with Crippen molar-refractivity contribution >= 4 is 36.7 Å². The number of rotatable bonds is 4. The van der Waals surface area contributed by atoms with Gasteiger partial charge in [0.05, 0.1) is 4.90 Å². The minimum Gasteiger partial charge on any atom is -0.211 e. The van der Waals surface area contributed by atoms with E-state index in [1.54, 1.807) is 12.1 Å². The van der Waals surface area contributed by atoms with Crippen LogP contribution in [-0.2, 0) is 10.0 Å². The maximum Gasteiger partial charge on any atom is 0.241 e. The predicted molar refractivity (Wildman–Crippen MR) is 81.7 cm³/mol. The van der Waals surface area contributed by atoms with Gasteiger partial charge < -0.3 is 0 Å². The van der Waals surface area contributed by atoms with Gasteiger partial charge in [0.25, 0.3) is 0 Å². The van der Waals surface area contributed by atoms with Crippen LogP contribution in [-0.4, -0.2) is 15.0 Å². The molecule has 2 rings (SSSR count). The molecule has 0 unspecified atom stereocenters. The Balaban J connectivity index is 2.54. The van der Waals surface area contributed by atoms with Gasteiger partial charge in [0.2, 0.25) is 10.0 Å². The fraction of sp³-hybridized carbons (Fsp3) is 0.286. The van der Waals surface area contributed by atoms with Gasteiger partial charge in [0.1, 0.15) is 0 Å². The van der Waals surface area contributed by atoms with Gasteiger partial charge in [-0.05, 0) is 23.4 Å². The number of hydrogen-bond donors (Lipinski definition) is 1. The molecule has 5 heteroatoms. The van der Waals surface area contributed by atoms with Gasteiger partial charge in [0, 0.05) is 16.4 Å². The zero-order chi connectivity index (χ0) is 14.0. The lowest BCUT2D eigenvalue weighted by Crippen LogP contribution is -2.27. The van der Waals surface area contributed by atoms with Gasteiger partial charge in [-0.2, -0.15) is 0 Å². The number of nitrogens with one attached hydrogen (secondary N) is 1. The highest BCUT2D eigenvalue weighted by Gasteiger charge is 2.18. The van der Waals surface area contributed by atoms with Gasteiger partial charge >= 0.3 is 0 Å². The SMILES string of the molecule is CC(C)CNS(=O)(=O)c1ccc(Br)c2ccccc12. The Bertz CT molecular complexity index is 696. The van der Waals surface area contributed by atoms with Crippen LogP contribution in [0.1, 0.15) is 13.8 Å². The molecule has 0 radical (unpaired) electrons. The van der Waals surface area contributed by atoms with Gasteiger partial charge in [-0.25, -0.2) is 13.1 Å². The lowest BCUT2D eigenvalue weighted by Gasteiger charge is -2.11. The lowest BCUT2D eigenvalue weighted by atomic mass is 10.1. The van der Waals surface area contributed by atoms with Crippen LogP contribution < -0.4 is 4.72 Å². The van der Waals surface area contributed by atoms with Crippen molar-refractivity contribution in [1.82, 2.24) is 4.72 Å². The molecule has 0 spiro atoms. The summed E-state index contributed by atoms with van der Waals surface area (Å²) in [4.78, 5) is 0.326. The molecule has 2 aromatic rings. The molecule has 0 aliphatic rings. The molecule has 1 N–H and O–H groups in total. The summed E-state index contributed by atoms with van der Waals surface area (Å²) >= 11 is 3.44. The quantitative estimate of drug-likeness (QED) is 0.924. The summed E-state index contributed by atoms with van der Waals surface area (Å²) in [5.41, 5.74) is 0. The molecule has 0 aliphatic carbocycles. The van der Waals surface area contributed by atoms with Crippen LogP contribution in [0.5, 0.6) is 0 Å². The Labute approximate surface area is 122 Å². The molecular formula is C14H16BrNO2S. The topological polar surface area (TPSA) is 46.2 Å². The van der Waals surface area contributed by atoms with E-state index in [9.17, 15) is 8.42 Å². The second-order valence-corrected chi connectivity index (χ2v) is 7.43. The third-order valence-corrected chi connectivity index (χ3v) is 4.98. The standard InChI is InChI=1S/C14H16BrNO2S/c1-10(2)9-16-19(17,18)14-8-7-13(15)11-5-3-4-6-12(11)14/h3-8,10,16H,9H2,1-2H3. The van der Waals surface area contributed by atoms with Crippen molar-refractivity contribution in [3.05, 3.63) is 40.9 Å². The van der Waals surface area contributed by atoms with Crippen molar-refractivity contribution in [2.75, 3.05) is 6.54 Å². The summed E-state index contributed by atoms with van der Waals surface area (Å²) in [6.07, 6.45) is 0. The van der Waals surface area contributed by atoms with E-state index in [4.69, 9.17) is 0 Å². The van der Waals surface area contributed by atoms with E-state index in [-0.39, 0.29) is 5.92 Å². The highest BCUT2D eigenvalue weighted by atomic mass is 79.9. The first kappa shape index (κ1) is 14.5. The Morgan fingerprint density at radius 2 is 1.74 bits per heavy atom. The maximum absolute atomic E-state index is 12.3. The summed E-state index contributed by atoms with van der Waals surface area (Å²) in [7, 11) is -3.47. The molecule has 102 valence electrons. The molecule has 0 saturated heterocycles. The van der Waals surface area contributed by atoms with Crippen LogP contribution in [0.25, 0.3) is 10.8 Å². The van der Waals surface area contributed by atoms with Gasteiger partial charge in [-0.15, -0.1) is 0 Å². The van der Waals surface area contributed by atoms with Crippen molar-refractivity contribution in [3.63, 3.8) is 0 Å². The number of sulfonamides is 1. The normalized spacial score (nSPS) is 12.2. The van der Waals surface area contributed by atoms with Crippen molar-refractivity contribution in [3.8, 4) is 0 Å². The lowest BCUT2D eigenvalue weighted by molar-refractivity contribution is 0.561. The number of hydrogen-bond acceptors (Lipinski definition) is 2. The first-order valence-electron chi connectivity index (χ1n) is 6.09. The summed E-state index contributed by atoms with van der Waals surface area (Å²) in [5.74, 6) is 0.275. The van der Waals surface area contributed by atoms with E-state index < -0.39 is 10.0 Å². The van der Waals surface area contributed by atoms with E-state index in [1.165, 1.54) is 0 Å². The second-order valence-electron chi connectivity index (χ2n) is 4.84. The van der Waals surface area contributed by atoms with Crippen LogP contribution in [0, 0.1) is 5.92 Å². The Hall–Kier alpha value is -0.910. The fourth-order valence-corrected chi connectivity index (χ4v) is 3.72. The van der Waals surface area contributed by atoms with Crippen LogP contribution in [0.3, 0.4) is 0 Å². The third-order valence-electron chi connectivity index (χ3n) is 2.80. The van der Waals surface area contributed by atoms with E-state index in [2.05, 4.69) is 20.7 Å². The van der Waals surface area contributed by atoms with Gasteiger partial charge in [0.15, 0.2) is 0 Å². The first-order valence-corrected chi connectivity index (χ1v) is 8.36. The molecule has 2 aromatic carbocycles. The zero-order valence-corrected chi connectivity index (χ0v) is 13.3. The zero-order valence-electron chi connectivity index (χ0n) is 10.9. The monoisotopic (exact) mass is 341 g/mol. The molecule has 0 fully saturated rings. The van der Waals surface area contributed by atoms with Crippen LogP contribution in [0.4, 0.5) is 0 Å². The molecule has 0 saturated carbocycles. The molecule has 0 atom stereocenters. The van der Waals surface area contributed by atoms with E-state index in [1.807, 2.05) is 38.1 Å². The summed E-state index contributed by atoms with van der Waals surface area (Å²) in [6.45, 7) is 4.39. The first-order chi connectivity index (χ1) is 8.92.